The van der Waals surface area contributed by atoms with Crippen LogP contribution in [-0.4, -0.2) is 4.98 Å². The number of rotatable bonds is 3. The maximum Gasteiger partial charge on any atom is 0.0908 e. The van der Waals surface area contributed by atoms with Gasteiger partial charge in [-0.25, -0.2) is 0 Å². The van der Waals surface area contributed by atoms with Crippen molar-refractivity contribution in [2.75, 3.05) is 5.32 Å². The monoisotopic (exact) mass is 352 g/mol. The summed E-state index contributed by atoms with van der Waals surface area (Å²) in [5.74, 6) is 0. The van der Waals surface area contributed by atoms with Crippen LogP contribution in [0.4, 0.5) is 5.69 Å². The minimum atomic E-state index is 0.680. The fraction of sp³-hybridized carbons (Fsp3) is 0.0714. The van der Waals surface area contributed by atoms with E-state index in [0.29, 0.717) is 5.02 Å². The Morgan fingerprint density at radius 1 is 1.32 bits per heavy atom. The Labute approximate surface area is 128 Å². The lowest BCUT2D eigenvalue weighted by Gasteiger charge is -2.09. The molecule has 0 saturated heterocycles. The molecule has 0 saturated carbocycles. The molecular formula is C14H10BrClN2S. The third kappa shape index (κ3) is 2.76. The second kappa shape index (κ2) is 5.49. The number of pyridine rings is 1. The van der Waals surface area contributed by atoms with E-state index in [1.54, 1.807) is 17.5 Å². The number of benzene rings is 1. The van der Waals surface area contributed by atoms with Crippen LogP contribution in [-0.2, 0) is 6.54 Å². The SMILES string of the molecule is Clc1ccc(NCc2csc(Br)c2)c2cccnc12. The Balaban J connectivity index is 1.91. The molecular weight excluding hydrogens is 344 g/mol. The maximum absolute atomic E-state index is 6.15. The molecule has 3 rings (SSSR count). The predicted molar refractivity (Wildman–Crippen MR) is 86.1 cm³/mol. The molecule has 0 bridgehead atoms. The molecule has 5 heteroatoms. The Bertz CT molecular complexity index is 726. The normalized spacial score (nSPS) is 10.8. The highest BCUT2D eigenvalue weighted by atomic mass is 79.9. The van der Waals surface area contributed by atoms with E-state index >= 15 is 0 Å². The standard InChI is InChI=1S/C14H10BrClN2S/c15-13-6-9(8-19-13)7-18-12-4-3-11(16)14-10(12)2-1-5-17-14/h1-6,8,18H,7H2. The quantitative estimate of drug-likeness (QED) is 0.689. The number of nitrogens with zero attached hydrogens (tertiary/aromatic N) is 1. The minimum absolute atomic E-state index is 0.680. The van der Waals surface area contributed by atoms with Crippen LogP contribution in [0.2, 0.25) is 5.02 Å². The van der Waals surface area contributed by atoms with Crippen molar-refractivity contribution in [2.24, 2.45) is 0 Å². The molecule has 0 radical (unpaired) electrons. The van der Waals surface area contributed by atoms with Crippen LogP contribution in [0.25, 0.3) is 10.9 Å². The molecule has 0 fully saturated rings. The molecule has 2 aromatic heterocycles. The van der Waals surface area contributed by atoms with Gasteiger partial charge in [-0.15, -0.1) is 11.3 Å². The average Bonchev–Trinajstić information content (AvgIpc) is 2.84. The van der Waals surface area contributed by atoms with Gasteiger partial charge >= 0.3 is 0 Å². The third-order valence-electron chi connectivity index (χ3n) is 2.83. The molecule has 96 valence electrons. The van der Waals surface area contributed by atoms with Gasteiger partial charge < -0.3 is 5.32 Å². The first-order valence-electron chi connectivity index (χ1n) is 5.74. The number of halogens is 2. The van der Waals surface area contributed by atoms with E-state index in [1.165, 1.54) is 5.56 Å². The zero-order valence-corrected chi connectivity index (χ0v) is 13.0. The first-order chi connectivity index (χ1) is 9.24. The summed E-state index contributed by atoms with van der Waals surface area (Å²) in [4.78, 5) is 4.32. The third-order valence-corrected chi connectivity index (χ3v) is 4.68. The van der Waals surface area contributed by atoms with Gasteiger partial charge in [0.15, 0.2) is 0 Å². The summed E-state index contributed by atoms with van der Waals surface area (Å²) < 4.78 is 1.15. The lowest BCUT2D eigenvalue weighted by molar-refractivity contribution is 1.17. The number of hydrogen-bond acceptors (Lipinski definition) is 3. The fourth-order valence-electron chi connectivity index (χ4n) is 1.93. The summed E-state index contributed by atoms with van der Waals surface area (Å²) in [7, 11) is 0. The molecule has 0 spiro atoms. The molecule has 1 N–H and O–H groups in total. The molecule has 0 aliphatic heterocycles. The second-order valence-electron chi connectivity index (χ2n) is 4.11. The Morgan fingerprint density at radius 3 is 3.00 bits per heavy atom. The molecule has 2 nitrogen and oxygen atoms in total. The highest BCUT2D eigenvalue weighted by Crippen LogP contribution is 2.29. The molecule has 0 aliphatic rings. The lowest BCUT2D eigenvalue weighted by Crippen LogP contribution is -1.99. The molecule has 0 amide bonds. The Hall–Kier alpha value is -1.10. The van der Waals surface area contributed by atoms with Crippen molar-refractivity contribution in [1.82, 2.24) is 4.98 Å². The van der Waals surface area contributed by atoms with Gasteiger partial charge in [-0.3, -0.25) is 4.98 Å². The number of hydrogen-bond donors (Lipinski definition) is 1. The van der Waals surface area contributed by atoms with Gasteiger partial charge in [0.1, 0.15) is 0 Å². The maximum atomic E-state index is 6.15. The van der Waals surface area contributed by atoms with Gasteiger partial charge in [-0.05, 0) is 57.2 Å². The minimum Gasteiger partial charge on any atom is -0.380 e. The van der Waals surface area contributed by atoms with Crippen LogP contribution in [0, 0.1) is 0 Å². The van der Waals surface area contributed by atoms with E-state index < -0.39 is 0 Å². The summed E-state index contributed by atoms with van der Waals surface area (Å²) in [5.41, 5.74) is 3.14. The average molecular weight is 354 g/mol. The smallest absolute Gasteiger partial charge is 0.0908 e. The lowest BCUT2D eigenvalue weighted by atomic mass is 10.1. The van der Waals surface area contributed by atoms with Crippen molar-refractivity contribution in [1.29, 1.82) is 0 Å². The molecule has 19 heavy (non-hydrogen) atoms. The molecule has 1 aromatic carbocycles. The zero-order valence-electron chi connectivity index (χ0n) is 9.86. The number of anilines is 1. The molecule has 0 aliphatic carbocycles. The van der Waals surface area contributed by atoms with Gasteiger partial charge in [-0.2, -0.15) is 0 Å². The first-order valence-corrected chi connectivity index (χ1v) is 7.79. The van der Waals surface area contributed by atoms with E-state index in [-0.39, 0.29) is 0 Å². The molecule has 2 heterocycles. The van der Waals surface area contributed by atoms with Crippen LogP contribution in [0.3, 0.4) is 0 Å². The topological polar surface area (TPSA) is 24.9 Å². The molecule has 0 atom stereocenters. The summed E-state index contributed by atoms with van der Waals surface area (Å²) >= 11 is 11.3. The molecule has 3 aromatic rings. The van der Waals surface area contributed by atoms with E-state index in [9.17, 15) is 0 Å². The Kier molecular flexibility index (Phi) is 3.73. The summed E-state index contributed by atoms with van der Waals surface area (Å²) in [6.45, 7) is 0.785. The van der Waals surface area contributed by atoms with Gasteiger partial charge in [0.25, 0.3) is 0 Å². The van der Waals surface area contributed by atoms with E-state index in [2.05, 4.69) is 37.7 Å². The number of aromatic nitrogens is 1. The summed E-state index contributed by atoms with van der Waals surface area (Å²) in [6.07, 6.45) is 1.76. The van der Waals surface area contributed by atoms with E-state index in [0.717, 1.165) is 26.9 Å². The second-order valence-corrected chi connectivity index (χ2v) is 6.80. The van der Waals surface area contributed by atoms with Crippen molar-refractivity contribution in [2.45, 2.75) is 6.54 Å². The van der Waals surface area contributed by atoms with Gasteiger partial charge in [-0.1, -0.05) is 11.6 Å². The Morgan fingerprint density at radius 2 is 2.21 bits per heavy atom. The van der Waals surface area contributed by atoms with Crippen molar-refractivity contribution < 1.29 is 0 Å². The highest BCUT2D eigenvalue weighted by Gasteiger charge is 2.05. The van der Waals surface area contributed by atoms with Crippen LogP contribution >= 0.6 is 38.9 Å². The van der Waals surface area contributed by atoms with Crippen LogP contribution in [0.15, 0.2) is 45.7 Å². The fourth-order valence-corrected chi connectivity index (χ4v) is 3.35. The highest BCUT2D eigenvalue weighted by molar-refractivity contribution is 9.11. The number of fused-ring (bicyclic) bond motifs is 1. The van der Waals surface area contributed by atoms with Gasteiger partial charge in [0, 0.05) is 23.8 Å². The predicted octanol–water partition coefficient (Wildman–Crippen LogP) is 5.32. The van der Waals surface area contributed by atoms with Crippen LogP contribution < -0.4 is 5.32 Å². The number of thiophene rings is 1. The van der Waals surface area contributed by atoms with Gasteiger partial charge in [0.2, 0.25) is 0 Å². The number of nitrogens with one attached hydrogen (secondary N) is 1. The van der Waals surface area contributed by atoms with Gasteiger partial charge in [0.05, 0.1) is 14.3 Å². The summed E-state index contributed by atoms with van der Waals surface area (Å²) in [6, 6.07) is 9.94. The van der Waals surface area contributed by atoms with E-state index in [1.807, 2.05) is 24.3 Å². The van der Waals surface area contributed by atoms with Crippen LogP contribution in [0.1, 0.15) is 5.56 Å². The van der Waals surface area contributed by atoms with Crippen molar-refractivity contribution in [3.05, 3.63) is 56.3 Å². The van der Waals surface area contributed by atoms with Crippen molar-refractivity contribution in [3.8, 4) is 0 Å². The zero-order chi connectivity index (χ0) is 13.2. The van der Waals surface area contributed by atoms with E-state index in [4.69, 9.17) is 11.6 Å². The van der Waals surface area contributed by atoms with Crippen molar-refractivity contribution >= 4 is 55.5 Å². The first kappa shape index (κ1) is 12.9. The molecule has 0 unspecified atom stereocenters. The van der Waals surface area contributed by atoms with Crippen LogP contribution in [0.5, 0.6) is 0 Å². The largest absolute Gasteiger partial charge is 0.380 e. The van der Waals surface area contributed by atoms with Crippen molar-refractivity contribution in [3.63, 3.8) is 0 Å². The summed E-state index contributed by atoms with van der Waals surface area (Å²) in [5, 5.41) is 7.29.